The zero-order valence-electron chi connectivity index (χ0n) is 12.9. The van der Waals surface area contributed by atoms with E-state index in [4.69, 9.17) is 4.74 Å². The van der Waals surface area contributed by atoms with Gasteiger partial charge in [-0.2, -0.15) is 0 Å². The van der Waals surface area contributed by atoms with Crippen LogP contribution in [0.4, 0.5) is 0 Å². The largest absolute Gasteiger partial charge is 0.385 e. The summed E-state index contributed by atoms with van der Waals surface area (Å²) in [5, 5.41) is 11.8. The second kappa shape index (κ2) is 8.27. The predicted molar refractivity (Wildman–Crippen MR) is 77.1 cm³/mol. The van der Waals surface area contributed by atoms with Crippen LogP contribution in [0, 0.1) is 5.92 Å². The zero-order valence-corrected chi connectivity index (χ0v) is 12.9. The Morgan fingerprint density at radius 3 is 2.58 bits per heavy atom. The van der Waals surface area contributed by atoms with Crippen LogP contribution in [0.25, 0.3) is 0 Å². The summed E-state index contributed by atoms with van der Waals surface area (Å²) < 4.78 is 7.23. The SMILES string of the molecule is CNCc1nnn(C(C)CCOC)c1CCC(C)C. The van der Waals surface area contributed by atoms with E-state index in [1.54, 1.807) is 7.11 Å². The van der Waals surface area contributed by atoms with Gasteiger partial charge in [0.1, 0.15) is 0 Å². The summed E-state index contributed by atoms with van der Waals surface area (Å²) in [6, 6.07) is 0.334. The predicted octanol–water partition coefficient (Wildman–Crippen LogP) is 2.18. The number of methoxy groups -OCH3 is 1. The second-order valence-corrected chi connectivity index (χ2v) is 5.52. The third-order valence-corrected chi connectivity index (χ3v) is 3.33. The maximum absolute atomic E-state index is 5.15. The van der Waals surface area contributed by atoms with E-state index in [2.05, 4.69) is 41.1 Å². The fourth-order valence-corrected chi connectivity index (χ4v) is 2.10. The molecule has 0 bridgehead atoms. The Balaban J connectivity index is 2.83. The molecule has 0 amide bonds. The lowest BCUT2D eigenvalue weighted by Crippen LogP contribution is -2.15. The molecule has 0 aliphatic carbocycles. The first-order chi connectivity index (χ1) is 9.10. The summed E-state index contributed by atoms with van der Waals surface area (Å²) >= 11 is 0. The van der Waals surface area contributed by atoms with E-state index >= 15 is 0 Å². The summed E-state index contributed by atoms with van der Waals surface area (Å²) in [5.74, 6) is 0.695. The van der Waals surface area contributed by atoms with Crippen LogP contribution >= 0.6 is 0 Å². The Morgan fingerprint density at radius 2 is 2.00 bits per heavy atom. The van der Waals surface area contributed by atoms with Gasteiger partial charge in [0.15, 0.2) is 0 Å². The number of rotatable bonds is 9. The van der Waals surface area contributed by atoms with Crippen molar-refractivity contribution < 1.29 is 4.74 Å². The molecule has 0 saturated heterocycles. The van der Waals surface area contributed by atoms with Crippen molar-refractivity contribution in [3.8, 4) is 0 Å². The molecule has 5 heteroatoms. The third kappa shape index (κ3) is 4.91. The van der Waals surface area contributed by atoms with Crippen LogP contribution in [0.5, 0.6) is 0 Å². The average molecular weight is 268 g/mol. The second-order valence-electron chi connectivity index (χ2n) is 5.52. The van der Waals surface area contributed by atoms with Gasteiger partial charge in [-0.05, 0) is 39.2 Å². The molecule has 0 spiro atoms. The van der Waals surface area contributed by atoms with Gasteiger partial charge < -0.3 is 10.1 Å². The summed E-state index contributed by atoms with van der Waals surface area (Å²) in [5.41, 5.74) is 2.35. The molecule has 0 saturated carbocycles. The first-order valence-electron chi connectivity index (χ1n) is 7.16. The van der Waals surface area contributed by atoms with Crippen molar-refractivity contribution in [2.75, 3.05) is 20.8 Å². The maximum Gasteiger partial charge on any atom is 0.0996 e. The number of nitrogens with one attached hydrogen (secondary N) is 1. The van der Waals surface area contributed by atoms with Gasteiger partial charge >= 0.3 is 0 Å². The molecule has 0 aliphatic rings. The minimum Gasteiger partial charge on any atom is -0.385 e. The molecule has 1 heterocycles. The highest BCUT2D eigenvalue weighted by molar-refractivity contribution is 5.11. The van der Waals surface area contributed by atoms with Gasteiger partial charge in [0, 0.05) is 20.3 Å². The molecule has 0 aliphatic heterocycles. The molecule has 1 aromatic rings. The van der Waals surface area contributed by atoms with Crippen LogP contribution < -0.4 is 5.32 Å². The van der Waals surface area contributed by atoms with Crippen LogP contribution in [0.2, 0.25) is 0 Å². The van der Waals surface area contributed by atoms with Crippen molar-refractivity contribution in [2.24, 2.45) is 5.92 Å². The van der Waals surface area contributed by atoms with Crippen molar-refractivity contribution >= 4 is 0 Å². The lowest BCUT2D eigenvalue weighted by molar-refractivity contribution is 0.177. The van der Waals surface area contributed by atoms with Crippen molar-refractivity contribution in [3.63, 3.8) is 0 Å². The number of nitrogens with zero attached hydrogens (tertiary/aromatic N) is 3. The summed E-state index contributed by atoms with van der Waals surface area (Å²) in [6.07, 6.45) is 3.17. The fourth-order valence-electron chi connectivity index (χ4n) is 2.10. The average Bonchev–Trinajstić information content (AvgIpc) is 2.77. The Bertz CT molecular complexity index is 362. The van der Waals surface area contributed by atoms with Gasteiger partial charge in [-0.25, -0.2) is 4.68 Å². The molecule has 5 nitrogen and oxygen atoms in total. The number of aromatic nitrogens is 3. The molecule has 0 aromatic carbocycles. The number of ether oxygens (including phenoxy) is 1. The van der Waals surface area contributed by atoms with Gasteiger partial charge in [-0.1, -0.05) is 19.1 Å². The standard InChI is InChI=1S/C14H28N4O/c1-11(2)6-7-14-13(10-15-4)16-17-18(14)12(3)8-9-19-5/h11-12,15H,6-10H2,1-5H3. The van der Waals surface area contributed by atoms with E-state index in [0.717, 1.165) is 31.7 Å². The first kappa shape index (κ1) is 16.1. The molecule has 110 valence electrons. The highest BCUT2D eigenvalue weighted by Gasteiger charge is 2.16. The lowest BCUT2D eigenvalue weighted by atomic mass is 10.0. The van der Waals surface area contributed by atoms with Crippen molar-refractivity contribution in [2.45, 2.75) is 52.6 Å². The van der Waals surface area contributed by atoms with Crippen LogP contribution in [-0.2, 0) is 17.7 Å². The monoisotopic (exact) mass is 268 g/mol. The first-order valence-corrected chi connectivity index (χ1v) is 7.16. The quantitative estimate of drug-likeness (QED) is 0.746. The number of hydrogen-bond acceptors (Lipinski definition) is 4. The minimum atomic E-state index is 0.334. The highest BCUT2D eigenvalue weighted by atomic mass is 16.5. The molecule has 1 rings (SSSR count). The van der Waals surface area contributed by atoms with E-state index < -0.39 is 0 Å². The van der Waals surface area contributed by atoms with Gasteiger partial charge in [-0.15, -0.1) is 5.10 Å². The smallest absolute Gasteiger partial charge is 0.0996 e. The van der Waals surface area contributed by atoms with E-state index in [1.165, 1.54) is 12.1 Å². The van der Waals surface area contributed by atoms with E-state index in [1.807, 2.05) is 7.05 Å². The molecule has 1 N–H and O–H groups in total. The van der Waals surface area contributed by atoms with Crippen molar-refractivity contribution in [3.05, 3.63) is 11.4 Å². The van der Waals surface area contributed by atoms with E-state index in [0.29, 0.717) is 12.0 Å². The normalized spacial score (nSPS) is 13.2. The molecular weight excluding hydrogens is 240 g/mol. The van der Waals surface area contributed by atoms with Crippen molar-refractivity contribution in [1.82, 2.24) is 20.3 Å². The van der Waals surface area contributed by atoms with Gasteiger partial charge in [-0.3, -0.25) is 0 Å². The molecule has 1 aromatic heterocycles. The van der Waals surface area contributed by atoms with Gasteiger partial charge in [0.2, 0.25) is 0 Å². The number of hydrogen-bond donors (Lipinski definition) is 1. The van der Waals surface area contributed by atoms with Gasteiger partial charge in [0.25, 0.3) is 0 Å². The van der Waals surface area contributed by atoms with Gasteiger partial charge in [0.05, 0.1) is 17.4 Å². The molecule has 0 fully saturated rings. The molecule has 19 heavy (non-hydrogen) atoms. The zero-order chi connectivity index (χ0) is 14.3. The Morgan fingerprint density at radius 1 is 1.26 bits per heavy atom. The topological polar surface area (TPSA) is 52.0 Å². The minimum absolute atomic E-state index is 0.334. The maximum atomic E-state index is 5.15. The molecule has 0 radical (unpaired) electrons. The van der Waals surface area contributed by atoms with E-state index in [9.17, 15) is 0 Å². The van der Waals surface area contributed by atoms with Crippen LogP contribution in [0.1, 0.15) is 51.0 Å². The molecular formula is C14H28N4O. The lowest BCUT2D eigenvalue weighted by Gasteiger charge is -2.15. The Kier molecular flexibility index (Phi) is 7.02. The Hall–Kier alpha value is -0.940. The van der Waals surface area contributed by atoms with E-state index in [-0.39, 0.29) is 0 Å². The van der Waals surface area contributed by atoms with Crippen molar-refractivity contribution in [1.29, 1.82) is 0 Å². The third-order valence-electron chi connectivity index (χ3n) is 3.33. The Labute approximate surface area is 116 Å². The summed E-state index contributed by atoms with van der Waals surface area (Å²) in [6.45, 7) is 8.21. The van der Waals surface area contributed by atoms with Crippen LogP contribution in [0.15, 0.2) is 0 Å². The summed E-state index contributed by atoms with van der Waals surface area (Å²) in [7, 11) is 3.68. The molecule has 1 atom stereocenters. The highest BCUT2D eigenvalue weighted by Crippen LogP contribution is 2.18. The molecule has 1 unspecified atom stereocenters. The summed E-state index contributed by atoms with van der Waals surface area (Å²) in [4.78, 5) is 0. The van der Waals surface area contributed by atoms with Crippen LogP contribution in [0.3, 0.4) is 0 Å². The fraction of sp³-hybridized carbons (Fsp3) is 0.857. The van der Waals surface area contributed by atoms with Crippen LogP contribution in [-0.4, -0.2) is 35.8 Å².